The third-order valence-electron chi connectivity index (χ3n) is 3.41. The molecule has 7 heteroatoms. The maximum Gasteiger partial charge on any atom is 0.238 e. The predicted molar refractivity (Wildman–Crippen MR) is 90.8 cm³/mol. The standard InChI is InChI=1S/C17H22N2O3S.ClH/c1-2-22-16-7-3-15(4-8-16)13-19-12-11-14-5-9-17(10-6-14)23(18,20)21;/h3-10,19H,2,11-13H2,1H3,(H2,18,20,21);1H/p-1. The second-order valence-electron chi connectivity index (χ2n) is 5.19. The largest absolute Gasteiger partial charge is 1.00 e. The second kappa shape index (κ2) is 9.64. The van der Waals surface area contributed by atoms with E-state index in [1.807, 2.05) is 31.2 Å². The minimum Gasteiger partial charge on any atom is -1.00 e. The summed E-state index contributed by atoms with van der Waals surface area (Å²) >= 11 is 0. The molecule has 24 heavy (non-hydrogen) atoms. The van der Waals surface area contributed by atoms with Crippen LogP contribution < -0.4 is 27.6 Å². The van der Waals surface area contributed by atoms with Crippen molar-refractivity contribution in [1.29, 1.82) is 0 Å². The molecule has 0 aliphatic heterocycles. The van der Waals surface area contributed by atoms with Crippen LogP contribution >= 0.6 is 0 Å². The molecule has 3 N–H and O–H groups in total. The minimum atomic E-state index is -3.61. The molecule has 2 rings (SSSR count). The number of rotatable bonds is 8. The Hall–Kier alpha value is -1.60. The number of sulfonamides is 1. The molecular formula is C17H22ClN2O3S-. The first-order valence-electron chi connectivity index (χ1n) is 7.53. The summed E-state index contributed by atoms with van der Waals surface area (Å²) in [5, 5.41) is 8.44. The molecule has 5 nitrogen and oxygen atoms in total. The fourth-order valence-corrected chi connectivity index (χ4v) is 2.70. The Balaban J connectivity index is 0.00000288. The number of nitrogens with one attached hydrogen (secondary N) is 1. The van der Waals surface area contributed by atoms with E-state index in [9.17, 15) is 8.42 Å². The summed E-state index contributed by atoms with van der Waals surface area (Å²) < 4.78 is 27.8. The Morgan fingerprint density at radius 1 is 1.00 bits per heavy atom. The summed E-state index contributed by atoms with van der Waals surface area (Å²) in [5.74, 6) is 0.881. The summed E-state index contributed by atoms with van der Waals surface area (Å²) in [4.78, 5) is 0.142. The molecule has 0 amide bonds. The molecule has 0 aliphatic rings. The van der Waals surface area contributed by atoms with Gasteiger partial charge < -0.3 is 22.5 Å². The van der Waals surface area contributed by atoms with Crippen LogP contribution in [0, 0.1) is 0 Å². The van der Waals surface area contributed by atoms with Crippen molar-refractivity contribution in [2.75, 3.05) is 13.2 Å². The van der Waals surface area contributed by atoms with Gasteiger partial charge in [-0.15, -0.1) is 0 Å². The lowest BCUT2D eigenvalue weighted by Crippen LogP contribution is -3.00. The maximum atomic E-state index is 11.2. The van der Waals surface area contributed by atoms with Crippen molar-refractivity contribution in [2.45, 2.75) is 24.8 Å². The molecule has 2 aromatic rings. The molecule has 0 bridgehead atoms. The van der Waals surface area contributed by atoms with Crippen LogP contribution in [0.3, 0.4) is 0 Å². The Morgan fingerprint density at radius 2 is 1.58 bits per heavy atom. The van der Waals surface area contributed by atoms with Crippen molar-refractivity contribution < 1.29 is 25.6 Å². The summed E-state index contributed by atoms with van der Waals surface area (Å²) in [6.07, 6.45) is 0.821. The monoisotopic (exact) mass is 369 g/mol. The highest BCUT2D eigenvalue weighted by molar-refractivity contribution is 7.89. The lowest BCUT2D eigenvalue weighted by atomic mass is 10.1. The van der Waals surface area contributed by atoms with Crippen LogP contribution in [0.4, 0.5) is 0 Å². The number of ether oxygens (including phenoxy) is 1. The molecule has 132 valence electrons. The molecular weight excluding hydrogens is 348 g/mol. The summed E-state index contributed by atoms with van der Waals surface area (Å²) in [6, 6.07) is 14.7. The fraction of sp³-hybridized carbons (Fsp3) is 0.294. The van der Waals surface area contributed by atoms with Crippen molar-refractivity contribution in [3.05, 3.63) is 59.7 Å². The number of hydrogen-bond acceptors (Lipinski definition) is 4. The maximum absolute atomic E-state index is 11.2. The Labute approximate surface area is 149 Å². The van der Waals surface area contributed by atoms with Gasteiger partial charge in [0.1, 0.15) is 5.75 Å². The van der Waals surface area contributed by atoms with E-state index in [0.29, 0.717) is 6.61 Å². The van der Waals surface area contributed by atoms with Gasteiger partial charge >= 0.3 is 0 Å². The highest BCUT2D eigenvalue weighted by atomic mass is 35.5. The van der Waals surface area contributed by atoms with E-state index in [-0.39, 0.29) is 17.3 Å². The van der Waals surface area contributed by atoms with Crippen molar-refractivity contribution in [1.82, 2.24) is 5.32 Å². The molecule has 2 aromatic carbocycles. The topological polar surface area (TPSA) is 81.4 Å². The SMILES string of the molecule is CCOc1ccc(CNCCc2ccc(S(N)(=O)=O)cc2)cc1.[Cl-]. The van der Waals surface area contributed by atoms with E-state index in [1.54, 1.807) is 12.1 Å². The van der Waals surface area contributed by atoms with Gasteiger partial charge in [-0.3, -0.25) is 0 Å². The van der Waals surface area contributed by atoms with Gasteiger partial charge in [-0.2, -0.15) is 0 Å². The van der Waals surface area contributed by atoms with Crippen molar-refractivity contribution >= 4 is 10.0 Å². The summed E-state index contributed by atoms with van der Waals surface area (Å²) in [5.41, 5.74) is 2.26. The molecule has 0 saturated heterocycles. The average Bonchev–Trinajstić information content (AvgIpc) is 2.53. The van der Waals surface area contributed by atoms with Crippen LogP contribution in [0.2, 0.25) is 0 Å². The van der Waals surface area contributed by atoms with E-state index < -0.39 is 10.0 Å². The van der Waals surface area contributed by atoms with Gasteiger partial charge in [0.2, 0.25) is 10.0 Å². The summed E-state index contributed by atoms with van der Waals surface area (Å²) in [7, 11) is -3.61. The van der Waals surface area contributed by atoms with Crippen molar-refractivity contribution in [3.63, 3.8) is 0 Å². The number of primary sulfonamides is 1. The van der Waals surface area contributed by atoms with Gasteiger partial charge in [0.25, 0.3) is 0 Å². The summed E-state index contributed by atoms with van der Waals surface area (Å²) in [6.45, 7) is 4.22. The lowest BCUT2D eigenvalue weighted by Gasteiger charge is -2.07. The molecule has 0 unspecified atom stereocenters. The molecule has 0 spiro atoms. The van der Waals surface area contributed by atoms with Crippen LogP contribution in [-0.2, 0) is 23.0 Å². The number of halogens is 1. The lowest BCUT2D eigenvalue weighted by molar-refractivity contribution is -0.00000795. The van der Waals surface area contributed by atoms with Gasteiger partial charge in [0.05, 0.1) is 11.5 Å². The number of nitrogens with two attached hydrogens (primary N) is 1. The fourth-order valence-electron chi connectivity index (χ4n) is 2.18. The van der Waals surface area contributed by atoms with Crippen molar-refractivity contribution in [3.8, 4) is 5.75 Å². The van der Waals surface area contributed by atoms with Gasteiger partial charge in [-0.05, 0) is 55.3 Å². The van der Waals surface area contributed by atoms with E-state index >= 15 is 0 Å². The van der Waals surface area contributed by atoms with Crippen LogP contribution in [0.5, 0.6) is 5.75 Å². The van der Waals surface area contributed by atoms with Gasteiger partial charge in [-0.25, -0.2) is 13.6 Å². The van der Waals surface area contributed by atoms with Crippen LogP contribution in [-0.4, -0.2) is 21.6 Å². The highest BCUT2D eigenvalue weighted by Crippen LogP contribution is 2.12. The van der Waals surface area contributed by atoms with E-state index in [2.05, 4.69) is 5.32 Å². The molecule has 0 radical (unpaired) electrons. The zero-order valence-corrected chi connectivity index (χ0v) is 15.1. The number of benzene rings is 2. The smallest absolute Gasteiger partial charge is 0.238 e. The zero-order chi connectivity index (χ0) is 16.7. The third kappa shape index (κ3) is 6.49. The first-order valence-corrected chi connectivity index (χ1v) is 9.08. The third-order valence-corrected chi connectivity index (χ3v) is 4.34. The molecule has 0 heterocycles. The predicted octanol–water partition coefficient (Wildman–Crippen LogP) is -0.931. The molecule has 0 atom stereocenters. The Kier molecular flexibility index (Phi) is 8.21. The molecule has 0 aliphatic carbocycles. The quantitative estimate of drug-likeness (QED) is 0.589. The van der Waals surface area contributed by atoms with Crippen LogP contribution in [0.1, 0.15) is 18.1 Å². The second-order valence-corrected chi connectivity index (χ2v) is 6.75. The first-order chi connectivity index (χ1) is 11.0. The Bertz CT molecular complexity index is 717. The number of hydrogen-bond donors (Lipinski definition) is 2. The molecule has 0 saturated carbocycles. The van der Waals surface area contributed by atoms with Crippen molar-refractivity contribution in [2.24, 2.45) is 5.14 Å². The normalized spacial score (nSPS) is 10.9. The zero-order valence-electron chi connectivity index (χ0n) is 13.5. The first kappa shape index (κ1) is 20.4. The van der Waals surface area contributed by atoms with Crippen LogP contribution in [0.25, 0.3) is 0 Å². The molecule has 0 fully saturated rings. The van der Waals surface area contributed by atoms with Gasteiger partial charge in [-0.1, -0.05) is 24.3 Å². The Morgan fingerprint density at radius 3 is 2.12 bits per heavy atom. The van der Waals surface area contributed by atoms with Gasteiger partial charge in [0, 0.05) is 6.54 Å². The highest BCUT2D eigenvalue weighted by Gasteiger charge is 2.06. The van der Waals surface area contributed by atoms with Crippen LogP contribution in [0.15, 0.2) is 53.4 Å². The minimum absolute atomic E-state index is 0. The average molecular weight is 370 g/mol. The van der Waals surface area contributed by atoms with E-state index in [0.717, 1.165) is 30.8 Å². The van der Waals surface area contributed by atoms with E-state index in [4.69, 9.17) is 9.88 Å². The molecule has 0 aromatic heterocycles. The van der Waals surface area contributed by atoms with E-state index in [1.165, 1.54) is 17.7 Å². The van der Waals surface area contributed by atoms with Gasteiger partial charge in [0.15, 0.2) is 0 Å².